The van der Waals surface area contributed by atoms with Crippen LogP contribution in [0.15, 0.2) is 29.2 Å². The molecule has 0 radical (unpaired) electrons. The van der Waals surface area contributed by atoms with E-state index in [1.807, 2.05) is 11.8 Å². The van der Waals surface area contributed by atoms with Gasteiger partial charge in [0.15, 0.2) is 0 Å². The predicted molar refractivity (Wildman–Crippen MR) is 54.1 cm³/mol. The second-order valence-electron chi connectivity index (χ2n) is 2.79. The molecule has 0 amide bonds. The average Bonchev–Trinajstić information content (AvgIpc) is 2.17. The lowest BCUT2D eigenvalue weighted by atomic mass is 10.1. The van der Waals surface area contributed by atoms with E-state index in [0.29, 0.717) is 6.54 Å². The molecule has 2 N–H and O–H groups in total. The minimum absolute atomic E-state index is 0.631. The summed E-state index contributed by atoms with van der Waals surface area (Å²) < 4.78 is 0. The van der Waals surface area contributed by atoms with Crippen molar-refractivity contribution in [3.05, 3.63) is 35.4 Å². The van der Waals surface area contributed by atoms with Crippen molar-refractivity contribution in [3.63, 3.8) is 0 Å². The maximum atomic E-state index is 5.55. The van der Waals surface area contributed by atoms with Crippen molar-refractivity contribution in [1.82, 2.24) is 0 Å². The molecule has 62 valence electrons. The molecule has 0 saturated heterocycles. The molecule has 1 aromatic rings. The predicted octanol–water partition coefficient (Wildman–Crippen LogP) is 2.26. The summed E-state index contributed by atoms with van der Waals surface area (Å²) in [6, 6.07) is 6.43. The smallest absolute Gasteiger partial charge is 0.0178 e. The zero-order valence-electron chi connectivity index (χ0n) is 6.79. The Morgan fingerprint density at radius 1 is 1.42 bits per heavy atom. The fraction of sp³-hybridized carbons (Fsp3) is 0.200. The van der Waals surface area contributed by atoms with Gasteiger partial charge in [-0.1, -0.05) is 18.2 Å². The summed E-state index contributed by atoms with van der Waals surface area (Å²) >= 11 is 1.88. The third-order valence-corrected chi connectivity index (χ3v) is 2.98. The Kier molecular flexibility index (Phi) is 2.19. The third kappa shape index (κ3) is 1.40. The molecule has 0 atom stereocenters. The molecule has 0 spiro atoms. The quantitative estimate of drug-likeness (QED) is 0.712. The van der Waals surface area contributed by atoms with E-state index in [4.69, 9.17) is 5.73 Å². The highest BCUT2D eigenvalue weighted by Crippen LogP contribution is 2.28. The van der Waals surface area contributed by atoms with E-state index < -0.39 is 0 Å². The molecular formula is C10H11NS. The molecule has 1 aliphatic heterocycles. The van der Waals surface area contributed by atoms with Gasteiger partial charge in [0.05, 0.1) is 0 Å². The molecule has 0 fully saturated rings. The fourth-order valence-electron chi connectivity index (χ4n) is 1.30. The van der Waals surface area contributed by atoms with Crippen molar-refractivity contribution in [3.8, 4) is 0 Å². The molecule has 1 nitrogen and oxygen atoms in total. The molecule has 1 aromatic carbocycles. The van der Waals surface area contributed by atoms with Crippen LogP contribution in [0.25, 0.3) is 6.08 Å². The van der Waals surface area contributed by atoms with Gasteiger partial charge in [0, 0.05) is 17.2 Å². The number of benzene rings is 1. The lowest BCUT2D eigenvalue weighted by Crippen LogP contribution is -1.97. The number of hydrogen-bond acceptors (Lipinski definition) is 2. The summed E-state index contributed by atoms with van der Waals surface area (Å²) in [4.78, 5) is 1.37. The molecular weight excluding hydrogens is 166 g/mol. The molecule has 1 aliphatic rings. The minimum atomic E-state index is 0.631. The molecule has 2 rings (SSSR count). The molecule has 0 unspecified atom stereocenters. The van der Waals surface area contributed by atoms with E-state index in [0.717, 1.165) is 5.75 Å². The van der Waals surface area contributed by atoms with Gasteiger partial charge in [-0.2, -0.15) is 0 Å². The zero-order valence-corrected chi connectivity index (χ0v) is 7.60. The molecule has 2 heteroatoms. The summed E-state index contributed by atoms with van der Waals surface area (Å²) in [5.41, 5.74) is 8.08. The van der Waals surface area contributed by atoms with Gasteiger partial charge in [0.2, 0.25) is 0 Å². The first-order valence-electron chi connectivity index (χ1n) is 4.02. The third-order valence-electron chi connectivity index (χ3n) is 1.94. The van der Waals surface area contributed by atoms with E-state index in [1.165, 1.54) is 16.0 Å². The van der Waals surface area contributed by atoms with Crippen molar-refractivity contribution in [2.75, 3.05) is 5.75 Å². The Morgan fingerprint density at radius 3 is 3.17 bits per heavy atom. The summed E-state index contributed by atoms with van der Waals surface area (Å²) in [5.74, 6) is 1.09. The normalized spacial score (nSPS) is 14.4. The second-order valence-corrected chi connectivity index (χ2v) is 3.85. The van der Waals surface area contributed by atoms with Crippen LogP contribution in [-0.2, 0) is 6.54 Å². The second kappa shape index (κ2) is 3.33. The summed E-state index contributed by atoms with van der Waals surface area (Å²) in [7, 11) is 0. The van der Waals surface area contributed by atoms with Crippen LogP contribution >= 0.6 is 11.8 Å². The first kappa shape index (κ1) is 7.90. The van der Waals surface area contributed by atoms with E-state index in [1.54, 1.807) is 0 Å². The van der Waals surface area contributed by atoms with E-state index in [9.17, 15) is 0 Å². The van der Waals surface area contributed by atoms with Crippen LogP contribution in [0.1, 0.15) is 11.1 Å². The van der Waals surface area contributed by atoms with Gasteiger partial charge in [-0.05, 0) is 23.3 Å². The van der Waals surface area contributed by atoms with E-state index >= 15 is 0 Å². The standard InChI is InChI=1S/C10H11NS/c11-7-8-3-4-10-9(6-8)2-1-5-12-10/h1-4,6H,5,7,11H2. The van der Waals surface area contributed by atoms with Crippen LogP contribution in [0, 0.1) is 0 Å². The zero-order chi connectivity index (χ0) is 8.39. The Balaban J connectivity index is 2.44. The van der Waals surface area contributed by atoms with E-state index in [-0.39, 0.29) is 0 Å². The molecule has 0 aromatic heterocycles. The number of hydrogen-bond donors (Lipinski definition) is 1. The molecule has 12 heavy (non-hydrogen) atoms. The average molecular weight is 177 g/mol. The Hall–Kier alpha value is -0.730. The Labute approximate surface area is 76.7 Å². The van der Waals surface area contributed by atoms with Gasteiger partial charge in [-0.25, -0.2) is 0 Å². The number of thioether (sulfide) groups is 1. The van der Waals surface area contributed by atoms with Crippen molar-refractivity contribution in [2.24, 2.45) is 5.73 Å². The minimum Gasteiger partial charge on any atom is -0.326 e. The van der Waals surface area contributed by atoms with Crippen molar-refractivity contribution < 1.29 is 0 Å². The number of fused-ring (bicyclic) bond motifs is 1. The van der Waals surface area contributed by atoms with Crippen molar-refractivity contribution >= 4 is 17.8 Å². The highest BCUT2D eigenvalue weighted by atomic mass is 32.2. The number of rotatable bonds is 1. The van der Waals surface area contributed by atoms with Gasteiger partial charge in [-0.3, -0.25) is 0 Å². The van der Waals surface area contributed by atoms with Crippen LogP contribution in [0.4, 0.5) is 0 Å². The Morgan fingerprint density at radius 2 is 2.33 bits per heavy atom. The first-order valence-corrected chi connectivity index (χ1v) is 5.01. The largest absolute Gasteiger partial charge is 0.326 e. The summed E-state index contributed by atoms with van der Waals surface area (Å²) in [6.07, 6.45) is 4.36. The summed E-state index contributed by atoms with van der Waals surface area (Å²) in [6.45, 7) is 0.631. The van der Waals surface area contributed by atoms with Crippen LogP contribution in [0.2, 0.25) is 0 Å². The van der Waals surface area contributed by atoms with Gasteiger partial charge >= 0.3 is 0 Å². The molecule has 0 saturated carbocycles. The maximum Gasteiger partial charge on any atom is 0.0178 e. The topological polar surface area (TPSA) is 26.0 Å². The van der Waals surface area contributed by atoms with Crippen LogP contribution < -0.4 is 5.73 Å². The fourth-order valence-corrected chi connectivity index (χ4v) is 2.13. The Bertz CT molecular complexity index is 318. The SMILES string of the molecule is NCc1ccc2c(c1)C=CCS2. The van der Waals surface area contributed by atoms with E-state index in [2.05, 4.69) is 30.4 Å². The maximum absolute atomic E-state index is 5.55. The lowest BCUT2D eigenvalue weighted by Gasteiger charge is -2.10. The van der Waals surface area contributed by atoms with Crippen molar-refractivity contribution in [2.45, 2.75) is 11.4 Å². The van der Waals surface area contributed by atoms with Crippen LogP contribution in [-0.4, -0.2) is 5.75 Å². The first-order chi connectivity index (χ1) is 5.90. The van der Waals surface area contributed by atoms with Gasteiger partial charge in [0.25, 0.3) is 0 Å². The summed E-state index contributed by atoms with van der Waals surface area (Å²) in [5, 5.41) is 0. The number of nitrogens with two attached hydrogens (primary N) is 1. The lowest BCUT2D eigenvalue weighted by molar-refractivity contribution is 1.06. The monoisotopic (exact) mass is 177 g/mol. The van der Waals surface area contributed by atoms with Gasteiger partial charge in [0.1, 0.15) is 0 Å². The molecule has 0 aliphatic carbocycles. The van der Waals surface area contributed by atoms with Crippen molar-refractivity contribution in [1.29, 1.82) is 0 Å². The molecule has 0 bridgehead atoms. The highest BCUT2D eigenvalue weighted by molar-refractivity contribution is 7.99. The van der Waals surface area contributed by atoms with Crippen LogP contribution in [0.3, 0.4) is 0 Å². The van der Waals surface area contributed by atoms with Gasteiger partial charge < -0.3 is 5.73 Å². The van der Waals surface area contributed by atoms with Crippen LogP contribution in [0.5, 0.6) is 0 Å². The highest BCUT2D eigenvalue weighted by Gasteiger charge is 2.04. The molecule has 1 heterocycles. The van der Waals surface area contributed by atoms with Gasteiger partial charge in [-0.15, -0.1) is 11.8 Å².